The van der Waals surface area contributed by atoms with Crippen LogP contribution >= 0.6 is 0 Å². The average Bonchev–Trinajstić information content (AvgIpc) is 3.22. The van der Waals surface area contributed by atoms with Crippen LogP contribution in [0.25, 0.3) is 0 Å². The van der Waals surface area contributed by atoms with Crippen LogP contribution in [0.4, 0.5) is 5.69 Å². The third kappa shape index (κ3) is 6.85. The van der Waals surface area contributed by atoms with E-state index in [1.54, 1.807) is 11.0 Å². The fourth-order valence-corrected chi connectivity index (χ4v) is 2.64. The first-order chi connectivity index (χ1) is 13.8. The monoisotopic (exact) mass is 380 g/mol. The number of anilines is 1. The summed E-state index contributed by atoms with van der Waals surface area (Å²) in [6, 6.07) is 17.3. The summed E-state index contributed by atoms with van der Waals surface area (Å²) in [6.45, 7) is 2.13. The summed E-state index contributed by atoms with van der Waals surface area (Å²) in [4.78, 5) is 16.0. The number of rotatable bonds is 11. The van der Waals surface area contributed by atoms with Crippen molar-refractivity contribution in [3.05, 3.63) is 72.8 Å². The van der Waals surface area contributed by atoms with E-state index in [4.69, 9.17) is 9.47 Å². The van der Waals surface area contributed by atoms with Crippen molar-refractivity contribution in [1.29, 1.82) is 0 Å². The zero-order valence-electron chi connectivity index (χ0n) is 15.7. The van der Waals surface area contributed by atoms with Crippen molar-refractivity contribution >= 4 is 11.6 Å². The van der Waals surface area contributed by atoms with Gasteiger partial charge in [-0.05, 0) is 36.2 Å². The molecule has 0 saturated carbocycles. The SMILES string of the molecule is O=C(CCCn1cncn1)Nc1cccc(COCCOc2ccccc2)c1. The Morgan fingerprint density at radius 3 is 2.79 bits per heavy atom. The molecular weight excluding hydrogens is 356 g/mol. The molecule has 2 aromatic carbocycles. The summed E-state index contributed by atoms with van der Waals surface area (Å²) in [6.07, 6.45) is 4.27. The summed E-state index contributed by atoms with van der Waals surface area (Å²) in [5.74, 6) is 0.814. The van der Waals surface area contributed by atoms with Crippen molar-refractivity contribution in [2.45, 2.75) is 26.0 Å². The van der Waals surface area contributed by atoms with Gasteiger partial charge in [-0.1, -0.05) is 30.3 Å². The van der Waals surface area contributed by atoms with E-state index in [1.165, 1.54) is 6.33 Å². The molecule has 0 saturated heterocycles. The van der Waals surface area contributed by atoms with Crippen LogP contribution in [0.2, 0.25) is 0 Å². The number of para-hydroxylation sites is 1. The van der Waals surface area contributed by atoms with Crippen molar-refractivity contribution < 1.29 is 14.3 Å². The summed E-state index contributed by atoms with van der Waals surface area (Å²) in [5.41, 5.74) is 1.77. The third-order valence-electron chi connectivity index (χ3n) is 3.98. The maximum Gasteiger partial charge on any atom is 0.224 e. The number of hydrogen-bond acceptors (Lipinski definition) is 5. The highest BCUT2D eigenvalue weighted by molar-refractivity contribution is 5.90. The van der Waals surface area contributed by atoms with E-state index in [1.807, 2.05) is 54.6 Å². The number of nitrogens with zero attached hydrogens (tertiary/aromatic N) is 3. The summed E-state index contributed by atoms with van der Waals surface area (Å²) < 4.78 is 13.0. The molecule has 7 heteroatoms. The van der Waals surface area contributed by atoms with Crippen LogP contribution in [0.15, 0.2) is 67.3 Å². The van der Waals surface area contributed by atoms with Crippen molar-refractivity contribution in [3.63, 3.8) is 0 Å². The Morgan fingerprint density at radius 1 is 1.07 bits per heavy atom. The zero-order chi connectivity index (χ0) is 19.4. The van der Waals surface area contributed by atoms with Crippen LogP contribution in [0.5, 0.6) is 5.75 Å². The number of carbonyl (C=O) groups is 1. The lowest BCUT2D eigenvalue weighted by Crippen LogP contribution is -2.13. The first-order valence-electron chi connectivity index (χ1n) is 9.26. The van der Waals surface area contributed by atoms with E-state index in [-0.39, 0.29) is 5.91 Å². The van der Waals surface area contributed by atoms with Crippen molar-refractivity contribution in [1.82, 2.24) is 14.8 Å². The number of hydrogen-bond donors (Lipinski definition) is 1. The first-order valence-corrected chi connectivity index (χ1v) is 9.26. The fourth-order valence-electron chi connectivity index (χ4n) is 2.64. The van der Waals surface area contributed by atoms with Gasteiger partial charge in [0.1, 0.15) is 25.0 Å². The summed E-state index contributed by atoms with van der Waals surface area (Å²) >= 11 is 0. The second-order valence-corrected chi connectivity index (χ2v) is 6.22. The van der Waals surface area contributed by atoms with Crippen LogP contribution in [0, 0.1) is 0 Å². The molecule has 1 heterocycles. The van der Waals surface area contributed by atoms with Gasteiger partial charge in [0, 0.05) is 18.7 Å². The molecule has 0 aliphatic heterocycles. The molecule has 1 N–H and O–H groups in total. The Hall–Kier alpha value is -3.19. The Kier molecular flexibility index (Phi) is 7.57. The van der Waals surface area contributed by atoms with Crippen LogP contribution in [0.1, 0.15) is 18.4 Å². The lowest BCUT2D eigenvalue weighted by Gasteiger charge is -2.09. The first kappa shape index (κ1) is 19.6. The van der Waals surface area contributed by atoms with Crippen molar-refractivity contribution in [3.8, 4) is 5.75 Å². The molecule has 3 aromatic rings. The van der Waals surface area contributed by atoms with Gasteiger partial charge >= 0.3 is 0 Å². The number of aryl methyl sites for hydroxylation is 1. The van der Waals surface area contributed by atoms with Crippen LogP contribution in [-0.2, 0) is 22.7 Å². The number of carbonyl (C=O) groups excluding carboxylic acids is 1. The smallest absolute Gasteiger partial charge is 0.224 e. The average molecular weight is 380 g/mol. The number of ether oxygens (including phenoxy) is 2. The highest BCUT2D eigenvalue weighted by Gasteiger charge is 2.04. The van der Waals surface area contributed by atoms with Crippen LogP contribution < -0.4 is 10.1 Å². The predicted molar refractivity (Wildman–Crippen MR) is 106 cm³/mol. The van der Waals surface area contributed by atoms with E-state index in [0.717, 1.165) is 17.0 Å². The quantitative estimate of drug-likeness (QED) is 0.517. The van der Waals surface area contributed by atoms with Gasteiger partial charge in [0.15, 0.2) is 0 Å². The molecule has 0 radical (unpaired) electrons. The Balaban J connectivity index is 1.34. The number of amides is 1. The Morgan fingerprint density at radius 2 is 1.96 bits per heavy atom. The highest BCUT2D eigenvalue weighted by atomic mass is 16.5. The van der Waals surface area contributed by atoms with Crippen molar-refractivity contribution in [2.24, 2.45) is 0 Å². The van der Waals surface area contributed by atoms with Gasteiger partial charge in [-0.15, -0.1) is 0 Å². The van der Waals surface area contributed by atoms with Gasteiger partial charge in [0.25, 0.3) is 0 Å². The summed E-state index contributed by atoms with van der Waals surface area (Å²) in [7, 11) is 0. The molecule has 0 aliphatic rings. The van der Waals surface area contributed by atoms with Crippen LogP contribution in [-0.4, -0.2) is 33.9 Å². The molecule has 0 aliphatic carbocycles. The van der Waals surface area contributed by atoms with E-state index >= 15 is 0 Å². The second-order valence-electron chi connectivity index (χ2n) is 6.22. The van der Waals surface area contributed by atoms with Gasteiger partial charge in [0.05, 0.1) is 13.2 Å². The molecule has 0 bridgehead atoms. The fraction of sp³-hybridized carbons (Fsp3) is 0.286. The zero-order valence-corrected chi connectivity index (χ0v) is 15.7. The lowest BCUT2D eigenvalue weighted by molar-refractivity contribution is -0.116. The van der Waals surface area contributed by atoms with Crippen LogP contribution in [0.3, 0.4) is 0 Å². The number of nitrogens with one attached hydrogen (secondary N) is 1. The van der Waals surface area contributed by atoms with E-state index in [9.17, 15) is 4.79 Å². The van der Waals surface area contributed by atoms with E-state index < -0.39 is 0 Å². The standard InChI is InChI=1S/C21H24N4O3/c26-21(10-5-11-25-17-22-16-23-25)24-19-7-4-6-18(14-19)15-27-12-13-28-20-8-2-1-3-9-20/h1-4,6-9,14,16-17H,5,10-13,15H2,(H,24,26). The largest absolute Gasteiger partial charge is 0.491 e. The minimum Gasteiger partial charge on any atom is -0.491 e. The minimum atomic E-state index is -0.0190. The molecule has 3 rings (SSSR count). The molecule has 0 atom stereocenters. The van der Waals surface area contributed by atoms with Gasteiger partial charge in [-0.3, -0.25) is 9.48 Å². The van der Waals surface area contributed by atoms with E-state index in [2.05, 4.69) is 15.4 Å². The molecule has 0 fully saturated rings. The maximum absolute atomic E-state index is 12.1. The molecule has 1 amide bonds. The van der Waals surface area contributed by atoms with Gasteiger partial charge < -0.3 is 14.8 Å². The normalized spacial score (nSPS) is 10.6. The Bertz CT molecular complexity index is 838. The number of benzene rings is 2. The predicted octanol–water partition coefficient (Wildman–Crippen LogP) is 3.29. The lowest BCUT2D eigenvalue weighted by atomic mass is 10.2. The second kappa shape index (κ2) is 10.8. The Labute approximate surface area is 164 Å². The summed E-state index contributed by atoms with van der Waals surface area (Å²) in [5, 5.41) is 6.94. The van der Waals surface area contributed by atoms with Gasteiger partial charge in [0.2, 0.25) is 5.91 Å². The molecule has 0 spiro atoms. The van der Waals surface area contributed by atoms with Crippen molar-refractivity contribution in [2.75, 3.05) is 18.5 Å². The molecule has 28 heavy (non-hydrogen) atoms. The van der Waals surface area contributed by atoms with E-state index in [0.29, 0.717) is 39.2 Å². The minimum absolute atomic E-state index is 0.0190. The molecular formula is C21H24N4O3. The highest BCUT2D eigenvalue weighted by Crippen LogP contribution is 2.13. The molecule has 0 unspecified atom stereocenters. The third-order valence-corrected chi connectivity index (χ3v) is 3.98. The maximum atomic E-state index is 12.1. The number of aromatic nitrogens is 3. The molecule has 7 nitrogen and oxygen atoms in total. The van der Waals surface area contributed by atoms with Gasteiger partial charge in [-0.25, -0.2) is 4.98 Å². The van der Waals surface area contributed by atoms with Gasteiger partial charge in [-0.2, -0.15) is 5.10 Å². The topological polar surface area (TPSA) is 78.3 Å². The molecule has 1 aromatic heterocycles. The molecule has 146 valence electrons.